The van der Waals surface area contributed by atoms with E-state index in [0.717, 1.165) is 17.1 Å². The maximum atomic E-state index is 12.9. The van der Waals surface area contributed by atoms with E-state index in [4.69, 9.17) is 9.47 Å². The molecule has 0 spiro atoms. The fourth-order valence-electron chi connectivity index (χ4n) is 2.24. The Bertz CT molecular complexity index is 641. The lowest BCUT2D eigenvalue weighted by Gasteiger charge is -2.14. The lowest BCUT2D eigenvalue weighted by Crippen LogP contribution is -2.26. The van der Waals surface area contributed by atoms with Gasteiger partial charge in [0.15, 0.2) is 0 Å². The van der Waals surface area contributed by atoms with Gasteiger partial charge in [0, 0.05) is 6.42 Å². The molecule has 0 unspecified atom stereocenters. The molecule has 5 heteroatoms. The minimum Gasteiger partial charge on any atom is -0.497 e. The summed E-state index contributed by atoms with van der Waals surface area (Å²) in [6.07, 6.45) is 0.996. The third-order valence-electron chi connectivity index (χ3n) is 3.62. The van der Waals surface area contributed by atoms with Gasteiger partial charge in [-0.15, -0.1) is 0 Å². The maximum absolute atomic E-state index is 12.9. The molecule has 0 fully saturated rings. The van der Waals surface area contributed by atoms with Gasteiger partial charge < -0.3 is 14.8 Å². The molecular formula is C19H22FNO3. The molecule has 0 aromatic heterocycles. The van der Waals surface area contributed by atoms with E-state index < -0.39 is 0 Å². The zero-order valence-corrected chi connectivity index (χ0v) is 13.9. The van der Waals surface area contributed by atoms with Crippen LogP contribution in [0.25, 0.3) is 0 Å². The van der Waals surface area contributed by atoms with Crippen molar-refractivity contribution >= 4 is 5.91 Å². The fraction of sp³-hybridized carbons (Fsp3) is 0.316. The summed E-state index contributed by atoms with van der Waals surface area (Å²) in [4.78, 5) is 11.9. The molecule has 0 radical (unpaired) electrons. The second-order valence-electron chi connectivity index (χ2n) is 5.47. The van der Waals surface area contributed by atoms with E-state index in [-0.39, 0.29) is 17.8 Å². The quantitative estimate of drug-likeness (QED) is 0.747. The number of carbonyl (C=O) groups excluding carboxylic acids is 1. The lowest BCUT2D eigenvalue weighted by atomic mass is 10.1. The van der Waals surface area contributed by atoms with E-state index in [2.05, 4.69) is 5.32 Å². The standard InChI is InChI=1S/C19H22FNO3/c1-14(15-5-7-16(20)8-6-15)21-19(22)4-3-13-24-18-11-9-17(23-2)10-12-18/h5-12,14H,3-4,13H2,1-2H3,(H,21,22)/t14-/m0/s1. The molecule has 0 saturated heterocycles. The molecule has 1 atom stereocenters. The van der Waals surface area contributed by atoms with Gasteiger partial charge in [-0.2, -0.15) is 0 Å². The Morgan fingerprint density at radius 1 is 1.08 bits per heavy atom. The minimum atomic E-state index is -0.284. The van der Waals surface area contributed by atoms with Crippen LogP contribution in [-0.4, -0.2) is 19.6 Å². The van der Waals surface area contributed by atoms with Crippen LogP contribution in [0, 0.1) is 5.82 Å². The van der Waals surface area contributed by atoms with Crippen molar-refractivity contribution in [3.63, 3.8) is 0 Å². The average Bonchev–Trinajstić information content (AvgIpc) is 2.59. The maximum Gasteiger partial charge on any atom is 0.220 e. The van der Waals surface area contributed by atoms with Gasteiger partial charge in [0.2, 0.25) is 5.91 Å². The van der Waals surface area contributed by atoms with Crippen molar-refractivity contribution in [1.29, 1.82) is 0 Å². The Kier molecular flexibility index (Phi) is 6.61. The van der Waals surface area contributed by atoms with Gasteiger partial charge in [0.1, 0.15) is 17.3 Å². The number of hydrogen-bond donors (Lipinski definition) is 1. The van der Waals surface area contributed by atoms with Crippen molar-refractivity contribution in [1.82, 2.24) is 5.32 Å². The number of methoxy groups -OCH3 is 1. The van der Waals surface area contributed by atoms with Crippen LogP contribution in [0.2, 0.25) is 0 Å². The highest BCUT2D eigenvalue weighted by atomic mass is 19.1. The number of hydrogen-bond acceptors (Lipinski definition) is 3. The molecule has 128 valence electrons. The summed E-state index contributed by atoms with van der Waals surface area (Å²) in [5.41, 5.74) is 0.874. The summed E-state index contributed by atoms with van der Waals surface area (Å²) in [5.74, 6) is 1.19. The largest absolute Gasteiger partial charge is 0.497 e. The number of ether oxygens (including phenoxy) is 2. The topological polar surface area (TPSA) is 47.6 Å². The second-order valence-corrected chi connectivity index (χ2v) is 5.47. The van der Waals surface area contributed by atoms with E-state index in [1.54, 1.807) is 19.2 Å². The summed E-state index contributed by atoms with van der Waals surface area (Å²) in [7, 11) is 1.61. The molecule has 0 saturated carbocycles. The first kappa shape index (κ1) is 17.8. The van der Waals surface area contributed by atoms with Crippen molar-refractivity contribution in [2.75, 3.05) is 13.7 Å². The van der Waals surface area contributed by atoms with Crippen molar-refractivity contribution in [3.05, 3.63) is 59.9 Å². The van der Waals surface area contributed by atoms with Gasteiger partial charge in [-0.05, 0) is 55.3 Å². The number of rotatable bonds is 8. The molecule has 1 N–H and O–H groups in total. The SMILES string of the molecule is COc1ccc(OCCCC(=O)N[C@@H](C)c2ccc(F)cc2)cc1. The Balaban J connectivity index is 1.68. The fourth-order valence-corrected chi connectivity index (χ4v) is 2.24. The second kappa shape index (κ2) is 8.91. The molecule has 2 aromatic carbocycles. The van der Waals surface area contributed by atoms with Crippen molar-refractivity contribution in [2.24, 2.45) is 0 Å². The Hall–Kier alpha value is -2.56. The number of halogens is 1. The summed E-state index contributed by atoms with van der Waals surface area (Å²) in [6, 6.07) is 13.3. The average molecular weight is 331 g/mol. The first-order valence-electron chi connectivity index (χ1n) is 7.90. The zero-order chi connectivity index (χ0) is 17.4. The van der Waals surface area contributed by atoms with Crippen LogP contribution >= 0.6 is 0 Å². The van der Waals surface area contributed by atoms with E-state index in [1.807, 2.05) is 31.2 Å². The van der Waals surface area contributed by atoms with E-state index in [0.29, 0.717) is 19.4 Å². The molecule has 0 aliphatic carbocycles. The highest BCUT2D eigenvalue weighted by molar-refractivity contribution is 5.76. The van der Waals surface area contributed by atoms with Crippen LogP contribution in [0.15, 0.2) is 48.5 Å². The van der Waals surface area contributed by atoms with Gasteiger partial charge in [0.05, 0.1) is 19.8 Å². The van der Waals surface area contributed by atoms with Crippen molar-refractivity contribution in [3.8, 4) is 11.5 Å². The van der Waals surface area contributed by atoms with Crippen LogP contribution in [0.4, 0.5) is 4.39 Å². The predicted octanol–water partition coefficient (Wildman–Crippen LogP) is 3.87. The molecule has 0 aliphatic rings. The van der Waals surface area contributed by atoms with E-state index in [1.165, 1.54) is 12.1 Å². The molecule has 1 amide bonds. The van der Waals surface area contributed by atoms with Gasteiger partial charge in [-0.1, -0.05) is 12.1 Å². The van der Waals surface area contributed by atoms with Crippen LogP contribution in [-0.2, 0) is 4.79 Å². The van der Waals surface area contributed by atoms with Gasteiger partial charge >= 0.3 is 0 Å². The Morgan fingerprint density at radius 2 is 1.71 bits per heavy atom. The van der Waals surface area contributed by atoms with Crippen LogP contribution < -0.4 is 14.8 Å². The Morgan fingerprint density at radius 3 is 2.33 bits per heavy atom. The normalized spacial score (nSPS) is 11.6. The third-order valence-corrected chi connectivity index (χ3v) is 3.62. The first-order chi connectivity index (χ1) is 11.6. The Labute approximate surface area is 141 Å². The molecule has 24 heavy (non-hydrogen) atoms. The van der Waals surface area contributed by atoms with Gasteiger partial charge in [-0.3, -0.25) is 4.79 Å². The van der Waals surface area contributed by atoms with Gasteiger partial charge in [-0.25, -0.2) is 4.39 Å². The van der Waals surface area contributed by atoms with Crippen LogP contribution in [0.1, 0.15) is 31.4 Å². The van der Waals surface area contributed by atoms with Crippen molar-refractivity contribution in [2.45, 2.75) is 25.8 Å². The molecule has 0 bridgehead atoms. The number of benzene rings is 2. The first-order valence-corrected chi connectivity index (χ1v) is 7.90. The third kappa shape index (κ3) is 5.57. The summed E-state index contributed by atoms with van der Waals surface area (Å²) in [5, 5.41) is 2.90. The predicted molar refractivity (Wildman–Crippen MR) is 90.7 cm³/mol. The molecule has 0 heterocycles. The molecular weight excluding hydrogens is 309 g/mol. The number of carbonyl (C=O) groups is 1. The minimum absolute atomic E-state index is 0.0508. The lowest BCUT2D eigenvalue weighted by molar-refractivity contribution is -0.121. The van der Waals surface area contributed by atoms with Gasteiger partial charge in [0.25, 0.3) is 0 Å². The van der Waals surface area contributed by atoms with Crippen LogP contribution in [0.5, 0.6) is 11.5 Å². The smallest absolute Gasteiger partial charge is 0.220 e. The highest BCUT2D eigenvalue weighted by Gasteiger charge is 2.09. The zero-order valence-electron chi connectivity index (χ0n) is 13.9. The summed E-state index contributed by atoms with van der Waals surface area (Å²) >= 11 is 0. The highest BCUT2D eigenvalue weighted by Crippen LogP contribution is 2.17. The molecule has 2 rings (SSSR count). The summed E-state index contributed by atoms with van der Waals surface area (Å²) in [6.45, 7) is 2.34. The number of nitrogens with one attached hydrogen (secondary N) is 1. The molecule has 2 aromatic rings. The van der Waals surface area contributed by atoms with E-state index in [9.17, 15) is 9.18 Å². The molecule has 0 aliphatic heterocycles. The van der Waals surface area contributed by atoms with E-state index >= 15 is 0 Å². The summed E-state index contributed by atoms with van der Waals surface area (Å²) < 4.78 is 23.6. The van der Waals surface area contributed by atoms with Crippen LogP contribution in [0.3, 0.4) is 0 Å². The van der Waals surface area contributed by atoms with Crippen molar-refractivity contribution < 1.29 is 18.7 Å². The number of amides is 1. The monoisotopic (exact) mass is 331 g/mol. The molecule has 4 nitrogen and oxygen atoms in total.